The summed E-state index contributed by atoms with van der Waals surface area (Å²) in [5.41, 5.74) is 17.6. The van der Waals surface area contributed by atoms with Gasteiger partial charge in [0.1, 0.15) is 0 Å². The molecular formula is C54H39B3N6. The smallest absolute Gasteiger partial charge is 0.382 e. The van der Waals surface area contributed by atoms with Gasteiger partial charge in [-0.2, -0.15) is 0 Å². The van der Waals surface area contributed by atoms with Crippen LogP contribution in [0.4, 0.5) is 51.2 Å². The number of nitrogens with zero attached hydrogens (tertiary/aromatic N) is 6. The summed E-state index contributed by atoms with van der Waals surface area (Å²) in [5.74, 6) is 0. The third-order valence-corrected chi connectivity index (χ3v) is 13.2. The Morgan fingerprint density at radius 3 is 0.667 bits per heavy atom. The van der Waals surface area contributed by atoms with Gasteiger partial charge < -0.3 is 28.6 Å². The molecule has 0 aliphatic carbocycles. The molecule has 0 N–H and O–H groups in total. The first-order valence-electron chi connectivity index (χ1n) is 21.8. The van der Waals surface area contributed by atoms with Crippen LogP contribution in [0.25, 0.3) is 33.4 Å². The molecule has 6 nitrogen and oxygen atoms in total. The molecule has 4 heterocycles. The van der Waals surface area contributed by atoms with Crippen LogP contribution >= 0.6 is 0 Å². The second kappa shape index (κ2) is 14.3. The minimum absolute atomic E-state index is 0.283. The van der Waals surface area contributed by atoms with Gasteiger partial charge in [-0.15, -0.1) is 0 Å². The van der Waals surface area contributed by atoms with Gasteiger partial charge in [-0.1, -0.05) is 182 Å². The monoisotopic (exact) mass is 804 g/mol. The summed E-state index contributed by atoms with van der Waals surface area (Å²) >= 11 is 0. The Hall–Kier alpha value is -8.03. The Morgan fingerprint density at radius 2 is 0.397 bits per heavy atom. The van der Waals surface area contributed by atoms with Crippen LogP contribution in [0.1, 0.15) is 0 Å². The predicted octanol–water partition coefficient (Wildman–Crippen LogP) is 12.9. The summed E-state index contributed by atoms with van der Waals surface area (Å²) in [5, 5.41) is 0. The largest absolute Gasteiger partial charge is 0.489 e. The van der Waals surface area contributed by atoms with Crippen LogP contribution in [0.2, 0.25) is 0 Å². The fourth-order valence-corrected chi connectivity index (χ4v) is 10.7. The molecule has 0 spiro atoms. The molecule has 9 heteroatoms. The first-order valence-corrected chi connectivity index (χ1v) is 21.8. The highest BCUT2D eigenvalue weighted by Gasteiger charge is 2.70. The van der Waals surface area contributed by atoms with Crippen LogP contribution in [0.3, 0.4) is 0 Å². The Morgan fingerprint density at radius 1 is 0.190 bits per heavy atom. The standard InChI is InChI=1S/C54H39B3N6/c1-4-22-40(23-5-1)43-28-10-13-31-46(43)58-49-34-16-19-37-52(49)61-55(58)62-53-38-20-17-35-50(53)59(47-32-14-11-29-44(47)41-24-6-2-7-25-41)57(62)63-54-39-21-18-36-51(54)60(56(61)63)48-33-15-12-30-45(48)42-26-8-3-9-27-42/h1-39H. The average Bonchev–Trinajstić information content (AvgIpc) is 4.01. The van der Waals surface area contributed by atoms with Crippen molar-refractivity contribution in [3.8, 4) is 33.4 Å². The summed E-state index contributed by atoms with van der Waals surface area (Å²) in [7, 11) is -0.849. The highest BCUT2D eigenvalue weighted by Crippen LogP contribution is 2.59. The maximum absolute atomic E-state index is 2.68. The van der Waals surface area contributed by atoms with Gasteiger partial charge in [0.05, 0.1) is 17.1 Å². The minimum Gasteiger partial charge on any atom is -0.382 e. The van der Waals surface area contributed by atoms with Crippen molar-refractivity contribution in [3.05, 3.63) is 237 Å². The van der Waals surface area contributed by atoms with E-state index in [1.165, 1.54) is 67.5 Å². The lowest BCUT2D eigenvalue weighted by molar-refractivity contribution is 1.25. The second-order valence-corrected chi connectivity index (χ2v) is 16.5. The first-order chi connectivity index (χ1) is 31.3. The third-order valence-electron chi connectivity index (χ3n) is 13.2. The van der Waals surface area contributed by atoms with Crippen LogP contribution in [0.15, 0.2) is 237 Å². The lowest BCUT2D eigenvalue weighted by atomic mass is 9.55. The maximum atomic E-state index is 2.68. The predicted molar refractivity (Wildman–Crippen MR) is 266 cm³/mol. The van der Waals surface area contributed by atoms with Crippen molar-refractivity contribution in [1.29, 1.82) is 0 Å². The molecule has 1 fully saturated rings. The highest BCUT2D eigenvalue weighted by atomic mass is 15.6. The molecule has 0 saturated carbocycles. The van der Waals surface area contributed by atoms with E-state index in [0.29, 0.717) is 0 Å². The highest BCUT2D eigenvalue weighted by molar-refractivity contribution is 7.11. The molecule has 9 aromatic carbocycles. The van der Waals surface area contributed by atoms with Gasteiger partial charge in [0.2, 0.25) is 0 Å². The summed E-state index contributed by atoms with van der Waals surface area (Å²) in [6.07, 6.45) is 0. The normalized spacial score (nSPS) is 14.4. The van der Waals surface area contributed by atoms with E-state index in [1.54, 1.807) is 0 Å². The van der Waals surface area contributed by atoms with Crippen molar-refractivity contribution < 1.29 is 0 Å². The fourth-order valence-electron chi connectivity index (χ4n) is 10.7. The molecule has 9 aromatic rings. The van der Waals surface area contributed by atoms with E-state index in [4.69, 9.17) is 0 Å². The summed E-state index contributed by atoms with van der Waals surface area (Å²) < 4.78 is 8.04. The lowest BCUT2D eigenvalue weighted by Crippen LogP contribution is -2.83. The zero-order valence-electron chi connectivity index (χ0n) is 34.4. The lowest BCUT2D eigenvalue weighted by Gasteiger charge is -2.52. The van der Waals surface area contributed by atoms with Gasteiger partial charge >= 0.3 is 21.4 Å². The van der Waals surface area contributed by atoms with E-state index in [2.05, 4.69) is 265 Å². The van der Waals surface area contributed by atoms with Gasteiger partial charge in [-0.25, -0.2) is 0 Å². The maximum Gasteiger partial charge on any atom is 0.489 e. The van der Waals surface area contributed by atoms with E-state index in [0.717, 1.165) is 17.1 Å². The summed E-state index contributed by atoms with van der Waals surface area (Å²) in [4.78, 5) is 7.82. The van der Waals surface area contributed by atoms with E-state index < -0.39 is 0 Å². The molecule has 0 atom stereocenters. The van der Waals surface area contributed by atoms with Gasteiger partial charge in [-0.3, -0.25) is 0 Å². The topological polar surface area (TPSA) is 19.4 Å². The van der Waals surface area contributed by atoms with E-state index in [1.807, 2.05) is 0 Å². The molecule has 63 heavy (non-hydrogen) atoms. The molecule has 0 radical (unpaired) electrons. The fraction of sp³-hybridized carbons (Fsp3) is 0. The van der Waals surface area contributed by atoms with Crippen LogP contribution in [-0.2, 0) is 0 Å². The molecule has 4 aliphatic rings. The number of anilines is 9. The third kappa shape index (κ3) is 5.29. The van der Waals surface area contributed by atoms with Gasteiger partial charge in [-0.05, 0) is 71.3 Å². The van der Waals surface area contributed by atoms with Crippen molar-refractivity contribution >= 4 is 72.5 Å². The number of rotatable bonds is 6. The van der Waals surface area contributed by atoms with Crippen molar-refractivity contribution in [2.75, 3.05) is 28.6 Å². The van der Waals surface area contributed by atoms with Crippen LogP contribution < -0.4 is 28.6 Å². The molecule has 0 bridgehead atoms. The van der Waals surface area contributed by atoms with Crippen LogP contribution in [0, 0.1) is 0 Å². The van der Waals surface area contributed by atoms with Crippen molar-refractivity contribution in [2.45, 2.75) is 0 Å². The summed E-state index contributed by atoms with van der Waals surface area (Å²) in [6.45, 7) is 0. The quantitative estimate of drug-likeness (QED) is 0.155. The number of fused-ring (bicyclic) bond motifs is 12. The van der Waals surface area contributed by atoms with Gasteiger partial charge in [0.25, 0.3) is 0 Å². The Labute approximate surface area is 369 Å². The molecule has 0 amide bonds. The second-order valence-electron chi connectivity index (χ2n) is 16.5. The number of hydrogen-bond donors (Lipinski definition) is 0. The average molecular weight is 804 g/mol. The molecule has 0 unspecified atom stereocenters. The SMILES string of the molecule is c1ccc(-c2ccccc2N2B3N(B4N(B5N3c3ccccc3N5c3ccccc3-c3ccccc3)c3ccccc3N4c3ccccc3-c3ccccc3)c3ccccc32)cc1. The number of benzene rings is 9. The first kappa shape index (κ1) is 35.7. The van der Waals surface area contributed by atoms with Crippen molar-refractivity contribution in [2.24, 2.45) is 0 Å². The number of para-hydroxylation sites is 9. The number of hydrogen-bond acceptors (Lipinski definition) is 6. The Bertz CT molecular complexity index is 2820. The zero-order valence-corrected chi connectivity index (χ0v) is 34.4. The molecular weight excluding hydrogens is 765 g/mol. The zero-order chi connectivity index (χ0) is 41.4. The molecule has 1 saturated heterocycles. The van der Waals surface area contributed by atoms with E-state index >= 15 is 0 Å². The van der Waals surface area contributed by atoms with Crippen LogP contribution in [-0.4, -0.2) is 21.4 Å². The van der Waals surface area contributed by atoms with Crippen LogP contribution in [0.5, 0.6) is 0 Å². The molecule has 13 rings (SSSR count). The van der Waals surface area contributed by atoms with Gasteiger partial charge in [0.15, 0.2) is 0 Å². The van der Waals surface area contributed by atoms with Crippen molar-refractivity contribution in [1.82, 2.24) is 0 Å². The Kier molecular flexibility index (Phi) is 8.10. The molecule has 294 valence electrons. The summed E-state index contributed by atoms with van der Waals surface area (Å²) in [6, 6.07) is 86.4. The molecule has 4 aliphatic heterocycles. The Balaban J connectivity index is 1.12. The van der Waals surface area contributed by atoms with Gasteiger partial charge in [0, 0.05) is 50.8 Å². The minimum atomic E-state index is -0.283. The molecule has 0 aromatic heterocycles. The van der Waals surface area contributed by atoms with E-state index in [9.17, 15) is 0 Å². The van der Waals surface area contributed by atoms with E-state index in [-0.39, 0.29) is 21.4 Å². The van der Waals surface area contributed by atoms with Crippen molar-refractivity contribution in [3.63, 3.8) is 0 Å².